The fourth-order valence-corrected chi connectivity index (χ4v) is 4.03. The van der Waals surface area contributed by atoms with E-state index >= 15 is 0 Å². The Balaban J connectivity index is 1.94. The minimum absolute atomic E-state index is 0.119. The van der Waals surface area contributed by atoms with Crippen LogP contribution in [0.5, 0.6) is 0 Å². The Labute approximate surface area is 154 Å². The summed E-state index contributed by atoms with van der Waals surface area (Å²) in [6.45, 7) is 1.39. The molecule has 3 aromatic carbocycles. The number of hydrogen-bond donors (Lipinski definition) is 2. The zero-order chi connectivity index (χ0) is 18.0. The van der Waals surface area contributed by atoms with Crippen molar-refractivity contribution in [3.63, 3.8) is 0 Å². The van der Waals surface area contributed by atoms with E-state index in [-0.39, 0.29) is 10.8 Å². The van der Waals surface area contributed by atoms with E-state index in [2.05, 4.69) is 26.0 Å². The molecule has 0 spiro atoms. The number of sulfonamides is 1. The molecule has 0 bridgehead atoms. The molecule has 0 atom stereocenters. The highest BCUT2D eigenvalue weighted by molar-refractivity contribution is 9.10. The SMILES string of the molecule is CC(=O)Nc1ccc(S(=O)(=O)Nc2ccc(Br)c3ccccc23)cc1. The van der Waals surface area contributed by atoms with Gasteiger partial charge in [0, 0.05) is 22.5 Å². The Morgan fingerprint density at radius 3 is 2.20 bits per heavy atom. The number of amides is 1. The number of halogens is 1. The monoisotopic (exact) mass is 418 g/mol. The molecule has 0 saturated carbocycles. The Morgan fingerprint density at radius 2 is 1.56 bits per heavy atom. The van der Waals surface area contributed by atoms with Gasteiger partial charge in [-0.1, -0.05) is 40.2 Å². The molecular weight excluding hydrogens is 404 g/mol. The van der Waals surface area contributed by atoms with Gasteiger partial charge in [-0.3, -0.25) is 9.52 Å². The third-order valence-corrected chi connectivity index (χ3v) is 5.67. The highest BCUT2D eigenvalue weighted by Gasteiger charge is 2.16. The van der Waals surface area contributed by atoms with E-state index in [9.17, 15) is 13.2 Å². The van der Waals surface area contributed by atoms with Gasteiger partial charge in [0.25, 0.3) is 10.0 Å². The van der Waals surface area contributed by atoms with Crippen LogP contribution >= 0.6 is 15.9 Å². The molecule has 0 unspecified atom stereocenters. The van der Waals surface area contributed by atoms with Crippen LogP contribution in [0.25, 0.3) is 10.8 Å². The van der Waals surface area contributed by atoms with Crippen molar-refractivity contribution in [3.8, 4) is 0 Å². The van der Waals surface area contributed by atoms with Crippen LogP contribution in [0.2, 0.25) is 0 Å². The molecule has 7 heteroatoms. The molecule has 3 aromatic rings. The highest BCUT2D eigenvalue weighted by atomic mass is 79.9. The van der Waals surface area contributed by atoms with Gasteiger partial charge in [-0.2, -0.15) is 0 Å². The molecule has 3 rings (SSSR count). The molecule has 0 saturated heterocycles. The van der Waals surface area contributed by atoms with Crippen LogP contribution in [0, 0.1) is 0 Å². The normalized spacial score (nSPS) is 11.3. The third kappa shape index (κ3) is 3.83. The molecule has 0 aliphatic carbocycles. The summed E-state index contributed by atoms with van der Waals surface area (Å²) in [7, 11) is -3.74. The molecule has 0 radical (unpaired) electrons. The molecule has 1 amide bonds. The second-order valence-corrected chi connectivity index (χ2v) is 7.99. The molecule has 25 heavy (non-hydrogen) atoms. The number of anilines is 2. The quantitative estimate of drug-likeness (QED) is 0.660. The summed E-state index contributed by atoms with van der Waals surface area (Å²) in [4.78, 5) is 11.2. The van der Waals surface area contributed by atoms with E-state index in [0.29, 0.717) is 11.4 Å². The fraction of sp³-hybridized carbons (Fsp3) is 0.0556. The maximum atomic E-state index is 12.7. The molecule has 2 N–H and O–H groups in total. The third-order valence-electron chi connectivity index (χ3n) is 3.60. The lowest BCUT2D eigenvalue weighted by Gasteiger charge is -2.12. The minimum atomic E-state index is -3.74. The van der Waals surface area contributed by atoms with Crippen LogP contribution in [-0.2, 0) is 14.8 Å². The van der Waals surface area contributed by atoms with Crippen molar-refractivity contribution in [1.82, 2.24) is 0 Å². The van der Waals surface area contributed by atoms with Gasteiger partial charge in [-0.25, -0.2) is 8.42 Å². The molecule has 0 heterocycles. The molecule has 0 aliphatic heterocycles. The summed E-state index contributed by atoms with van der Waals surface area (Å²) in [5, 5.41) is 4.33. The molecule has 5 nitrogen and oxygen atoms in total. The lowest BCUT2D eigenvalue weighted by Crippen LogP contribution is -2.13. The van der Waals surface area contributed by atoms with Gasteiger partial charge in [0.1, 0.15) is 0 Å². The van der Waals surface area contributed by atoms with Crippen molar-refractivity contribution >= 4 is 54.0 Å². The summed E-state index contributed by atoms with van der Waals surface area (Å²) in [5.74, 6) is -0.213. The Bertz CT molecular complexity index is 1050. The van der Waals surface area contributed by atoms with Crippen LogP contribution in [0.4, 0.5) is 11.4 Å². The lowest BCUT2D eigenvalue weighted by molar-refractivity contribution is -0.114. The number of carbonyl (C=O) groups is 1. The van der Waals surface area contributed by atoms with Crippen molar-refractivity contribution in [1.29, 1.82) is 0 Å². The van der Waals surface area contributed by atoms with Crippen molar-refractivity contribution < 1.29 is 13.2 Å². The Morgan fingerprint density at radius 1 is 0.920 bits per heavy atom. The number of hydrogen-bond acceptors (Lipinski definition) is 3. The second kappa shape index (κ2) is 6.85. The van der Waals surface area contributed by atoms with Crippen molar-refractivity contribution in [2.24, 2.45) is 0 Å². The van der Waals surface area contributed by atoms with Crippen LogP contribution in [0.15, 0.2) is 70.0 Å². The van der Waals surface area contributed by atoms with Crippen molar-refractivity contribution in [3.05, 3.63) is 65.1 Å². The predicted octanol–water partition coefficient (Wildman–Crippen LogP) is 4.36. The first kappa shape index (κ1) is 17.4. The van der Waals surface area contributed by atoms with Gasteiger partial charge in [-0.05, 0) is 41.8 Å². The number of carbonyl (C=O) groups excluding carboxylic acids is 1. The summed E-state index contributed by atoms with van der Waals surface area (Å²) in [5.41, 5.74) is 1.05. The summed E-state index contributed by atoms with van der Waals surface area (Å²) in [6, 6.07) is 17.1. The largest absolute Gasteiger partial charge is 0.326 e. The second-order valence-electron chi connectivity index (χ2n) is 5.45. The van der Waals surface area contributed by atoms with E-state index in [0.717, 1.165) is 15.2 Å². The molecule has 0 aromatic heterocycles. The van der Waals surface area contributed by atoms with E-state index in [1.54, 1.807) is 24.3 Å². The number of nitrogens with one attached hydrogen (secondary N) is 2. The highest BCUT2D eigenvalue weighted by Crippen LogP contribution is 2.31. The minimum Gasteiger partial charge on any atom is -0.326 e. The first-order chi connectivity index (χ1) is 11.9. The first-order valence-electron chi connectivity index (χ1n) is 7.44. The molecule has 128 valence electrons. The van der Waals surface area contributed by atoms with Crippen molar-refractivity contribution in [2.75, 3.05) is 10.0 Å². The van der Waals surface area contributed by atoms with Gasteiger partial charge in [0.15, 0.2) is 0 Å². The first-order valence-corrected chi connectivity index (χ1v) is 9.72. The summed E-state index contributed by atoms with van der Waals surface area (Å²) >= 11 is 3.47. The standard InChI is InChI=1S/C18H15BrN2O3S/c1-12(22)20-13-6-8-14(9-7-13)25(23,24)21-18-11-10-17(19)15-4-2-3-5-16(15)18/h2-11,21H,1H3,(H,20,22). The Hall–Kier alpha value is -2.38. The van der Waals surface area contributed by atoms with E-state index < -0.39 is 10.0 Å². The maximum Gasteiger partial charge on any atom is 0.261 e. The average molecular weight is 419 g/mol. The number of rotatable bonds is 4. The van der Waals surface area contributed by atoms with Gasteiger partial charge in [0.2, 0.25) is 5.91 Å². The topological polar surface area (TPSA) is 75.3 Å². The Kier molecular flexibility index (Phi) is 4.78. The van der Waals surface area contributed by atoms with Gasteiger partial charge >= 0.3 is 0 Å². The van der Waals surface area contributed by atoms with Gasteiger partial charge in [0.05, 0.1) is 10.6 Å². The van der Waals surface area contributed by atoms with E-state index in [4.69, 9.17) is 0 Å². The smallest absolute Gasteiger partial charge is 0.261 e. The lowest BCUT2D eigenvalue weighted by atomic mass is 10.1. The van der Waals surface area contributed by atoms with E-state index in [1.807, 2.05) is 24.3 Å². The van der Waals surface area contributed by atoms with Crippen LogP contribution in [0.3, 0.4) is 0 Å². The van der Waals surface area contributed by atoms with Crippen LogP contribution in [-0.4, -0.2) is 14.3 Å². The molecule has 0 aliphatic rings. The van der Waals surface area contributed by atoms with E-state index in [1.165, 1.54) is 19.1 Å². The number of benzene rings is 3. The number of fused-ring (bicyclic) bond motifs is 1. The maximum absolute atomic E-state index is 12.7. The molecule has 0 fully saturated rings. The zero-order valence-corrected chi connectivity index (χ0v) is 15.7. The van der Waals surface area contributed by atoms with Crippen LogP contribution < -0.4 is 10.0 Å². The van der Waals surface area contributed by atoms with Gasteiger partial charge < -0.3 is 5.32 Å². The fourth-order valence-electron chi connectivity index (χ4n) is 2.48. The predicted molar refractivity (Wildman–Crippen MR) is 103 cm³/mol. The summed E-state index contributed by atoms with van der Waals surface area (Å²) < 4.78 is 28.8. The zero-order valence-electron chi connectivity index (χ0n) is 13.3. The average Bonchev–Trinajstić information content (AvgIpc) is 2.57. The van der Waals surface area contributed by atoms with Crippen LogP contribution in [0.1, 0.15) is 6.92 Å². The van der Waals surface area contributed by atoms with Crippen molar-refractivity contribution in [2.45, 2.75) is 11.8 Å². The van der Waals surface area contributed by atoms with Gasteiger partial charge in [-0.15, -0.1) is 0 Å². The summed E-state index contributed by atoms with van der Waals surface area (Å²) in [6.07, 6.45) is 0. The molecular formula is C18H15BrN2O3S.